The molecule has 1 unspecified atom stereocenters. The van der Waals surface area contributed by atoms with E-state index in [1.165, 1.54) is 5.38 Å². The number of nitrogens with two attached hydrogens (primary N) is 1. The van der Waals surface area contributed by atoms with Gasteiger partial charge < -0.3 is 22.1 Å². The van der Waals surface area contributed by atoms with Crippen molar-refractivity contribution in [1.82, 2.24) is 14.6 Å². The average molecular weight is 431 g/mol. The van der Waals surface area contributed by atoms with E-state index in [0.717, 1.165) is 18.4 Å². The molecule has 12 nitrogen and oxygen atoms in total. The zero-order valence-corrected chi connectivity index (χ0v) is 18.6. The molecule has 2 heterocycles. The van der Waals surface area contributed by atoms with Gasteiger partial charge in [0, 0.05) is 12.5 Å². The average Bonchev–Trinajstić information content (AvgIpc) is 2.95. The van der Waals surface area contributed by atoms with Crippen LogP contribution in [0, 0.1) is 0 Å². The Morgan fingerprint density at radius 3 is 2.63 bits per heavy atom. The third-order valence-electron chi connectivity index (χ3n) is 3.22. The molecule has 1 aliphatic heterocycles. The maximum absolute atomic E-state index is 12.6. The maximum Gasteiger partial charge on any atom is 1.00 e. The third kappa shape index (κ3) is 5.16. The van der Waals surface area contributed by atoms with Gasteiger partial charge in [-0.3, -0.25) is 14.1 Å². The summed E-state index contributed by atoms with van der Waals surface area (Å²) < 4.78 is 36.2. The SMILES string of the molecule is COC1(NC(=O)C(=NOC(C)C)c2csc(N)n2)CN(S(=O)(=O)O)C1=O.[H-].[Na+]. The largest absolute Gasteiger partial charge is 1.00 e. The predicted molar refractivity (Wildman–Crippen MR) is 91.5 cm³/mol. The van der Waals surface area contributed by atoms with Crippen LogP contribution in [0.15, 0.2) is 10.5 Å². The van der Waals surface area contributed by atoms with Crippen molar-refractivity contribution in [2.24, 2.45) is 5.16 Å². The molecule has 1 fully saturated rings. The summed E-state index contributed by atoms with van der Waals surface area (Å²) in [5.74, 6) is -2.06. The number of oxime groups is 1. The number of rotatable bonds is 7. The van der Waals surface area contributed by atoms with Crippen molar-refractivity contribution in [3.63, 3.8) is 0 Å². The van der Waals surface area contributed by atoms with E-state index in [4.69, 9.17) is 19.9 Å². The Bertz CT molecular complexity index is 862. The van der Waals surface area contributed by atoms with Gasteiger partial charge in [-0.1, -0.05) is 5.16 Å². The van der Waals surface area contributed by atoms with E-state index in [1.807, 2.05) is 0 Å². The van der Waals surface area contributed by atoms with Gasteiger partial charge in [-0.15, -0.1) is 11.3 Å². The van der Waals surface area contributed by atoms with Gasteiger partial charge in [0.2, 0.25) is 5.72 Å². The second-order valence-corrected chi connectivity index (χ2v) is 7.67. The van der Waals surface area contributed by atoms with Gasteiger partial charge in [0.25, 0.3) is 11.8 Å². The number of methoxy groups -OCH3 is 1. The van der Waals surface area contributed by atoms with Crippen LogP contribution < -0.4 is 40.6 Å². The molecule has 0 radical (unpaired) electrons. The van der Waals surface area contributed by atoms with Gasteiger partial charge in [-0.25, -0.2) is 9.29 Å². The molecule has 4 N–H and O–H groups in total. The van der Waals surface area contributed by atoms with E-state index < -0.39 is 34.4 Å². The van der Waals surface area contributed by atoms with Crippen molar-refractivity contribution in [2.45, 2.75) is 25.7 Å². The molecule has 1 aliphatic rings. The standard InChI is InChI=1S/C12H17N5O7S2.Na.H/c1-6(2)24-16-8(7-4-25-11(13)14-7)9(18)15-12(23-3)5-17(10(12)19)26(20,21)22;;/h4,6H,5H2,1-3H3,(H2,13,14)(H,15,18)(H,20,21,22);;/q;+1;-1. The van der Waals surface area contributed by atoms with Crippen molar-refractivity contribution in [2.75, 3.05) is 19.4 Å². The molecule has 1 atom stereocenters. The van der Waals surface area contributed by atoms with Crippen LogP contribution in [0.2, 0.25) is 0 Å². The molecule has 2 rings (SSSR count). The molecule has 15 heteroatoms. The van der Waals surface area contributed by atoms with Crippen molar-refractivity contribution in [1.29, 1.82) is 0 Å². The minimum atomic E-state index is -4.75. The number of aromatic nitrogens is 1. The van der Waals surface area contributed by atoms with Crippen LogP contribution in [0.3, 0.4) is 0 Å². The van der Waals surface area contributed by atoms with Crippen LogP contribution in [-0.4, -0.2) is 65.3 Å². The Morgan fingerprint density at radius 1 is 1.59 bits per heavy atom. The molecule has 0 saturated carbocycles. The van der Waals surface area contributed by atoms with E-state index in [0.29, 0.717) is 0 Å². The Labute approximate surface area is 182 Å². The molecule has 146 valence electrons. The molecule has 27 heavy (non-hydrogen) atoms. The number of anilines is 1. The van der Waals surface area contributed by atoms with E-state index in [9.17, 15) is 18.0 Å². The second kappa shape index (κ2) is 8.81. The molecule has 1 saturated heterocycles. The second-order valence-electron chi connectivity index (χ2n) is 5.44. The molecule has 1 aromatic heterocycles. The zero-order chi connectivity index (χ0) is 19.7. The first kappa shape index (κ1) is 23.7. The summed E-state index contributed by atoms with van der Waals surface area (Å²) >= 11 is 1.06. The minimum Gasteiger partial charge on any atom is -1.00 e. The van der Waals surface area contributed by atoms with Gasteiger partial charge in [0.15, 0.2) is 10.8 Å². The van der Waals surface area contributed by atoms with Crippen molar-refractivity contribution in [3.8, 4) is 0 Å². The van der Waals surface area contributed by atoms with Crippen LogP contribution in [0.1, 0.15) is 21.0 Å². The normalized spacial score (nSPS) is 20.1. The van der Waals surface area contributed by atoms with E-state index in [-0.39, 0.29) is 57.9 Å². The molecule has 1 aromatic rings. The van der Waals surface area contributed by atoms with E-state index in [2.05, 4.69) is 15.5 Å². The summed E-state index contributed by atoms with van der Waals surface area (Å²) in [6, 6.07) is 0. The van der Waals surface area contributed by atoms with Gasteiger partial charge in [0.05, 0.1) is 6.54 Å². The van der Waals surface area contributed by atoms with Crippen LogP contribution in [0.25, 0.3) is 0 Å². The van der Waals surface area contributed by atoms with Crippen LogP contribution >= 0.6 is 11.3 Å². The Hall–Kier alpha value is -1.29. The summed E-state index contributed by atoms with van der Waals surface area (Å²) in [7, 11) is -3.65. The molecular weight excluding hydrogens is 413 g/mol. The fourth-order valence-electron chi connectivity index (χ4n) is 1.94. The van der Waals surface area contributed by atoms with Crippen LogP contribution in [0.5, 0.6) is 0 Å². The van der Waals surface area contributed by atoms with Gasteiger partial charge in [-0.2, -0.15) is 8.42 Å². The number of amides is 2. The quantitative estimate of drug-likeness (QED) is 0.0973. The number of nitrogens with zero attached hydrogens (tertiary/aromatic N) is 3. The molecule has 0 spiro atoms. The first-order chi connectivity index (χ1) is 12.0. The topological polar surface area (TPSA) is 174 Å². The third-order valence-corrected chi connectivity index (χ3v) is 4.74. The first-order valence-corrected chi connectivity index (χ1v) is 9.40. The van der Waals surface area contributed by atoms with E-state index in [1.54, 1.807) is 13.8 Å². The summed E-state index contributed by atoms with van der Waals surface area (Å²) in [4.78, 5) is 33.6. The summed E-state index contributed by atoms with van der Waals surface area (Å²) in [6.07, 6.45) is -0.342. The number of hydrogen-bond acceptors (Lipinski definition) is 10. The van der Waals surface area contributed by atoms with Crippen LogP contribution in [-0.2, 0) is 29.5 Å². The summed E-state index contributed by atoms with van der Waals surface area (Å²) in [6.45, 7) is 2.76. The van der Waals surface area contributed by atoms with E-state index >= 15 is 0 Å². The van der Waals surface area contributed by atoms with Crippen molar-refractivity contribution < 1.29 is 63.1 Å². The Balaban J connectivity index is 0.00000364. The van der Waals surface area contributed by atoms with Gasteiger partial charge in [-0.05, 0) is 13.8 Å². The molecule has 0 aromatic carbocycles. The smallest absolute Gasteiger partial charge is 1.00 e. The van der Waals surface area contributed by atoms with Gasteiger partial charge >= 0.3 is 39.9 Å². The molecule has 0 bridgehead atoms. The minimum absolute atomic E-state index is 0. The summed E-state index contributed by atoms with van der Waals surface area (Å²) in [5.41, 5.74) is 3.42. The van der Waals surface area contributed by atoms with Crippen LogP contribution in [0.4, 0.5) is 5.13 Å². The summed E-state index contributed by atoms with van der Waals surface area (Å²) in [5, 5.41) is 7.62. The van der Waals surface area contributed by atoms with Crippen molar-refractivity contribution in [3.05, 3.63) is 11.1 Å². The number of thiazole rings is 1. The number of hydrogen-bond donors (Lipinski definition) is 3. The van der Waals surface area contributed by atoms with Crippen molar-refractivity contribution >= 4 is 44.3 Å². The molecule has 2 amide bonds. The maximum atomic E-state index is 12.6. The fraction of sp³-hybridized carbons (Fsp3) is 0.500. The predicted octanol–water partition coefficient (Wildman–Crippen LogP) is -3.93. The number of ether oxygens (including phenoxy) is 1. The molecular formula is C12H18N5NaO7S2. The number of β-lactam (4-membered cyclic amide) rings is 1. The molecule has 0 aliphatic carbocycles. The Morgan fingerprint density at radius 2 is 2.22 bits per heavy atom. The Kier molecular flexibility index (Phi) is 7.75. The monoisotopic (exact) mass is 431 g/mol. The fourth-order valence-corrected chi connectivity index (χ4v) is 3.19. The zero-order valence-electron chi connectivity index (χ0n) is 16.0. The number of nitrogen functional groups attached to an aromatic ring is 1. The first-order valence-electron chi connectivity index (χ1n) is 7.12. The number of nitrogens with one attached hydrogen (secondary N) is 1. The number of carbonyl (C=O) groups excluding carboxylic acids is 2. The number of carbonyl (C=O) groups is 2. The van der Waals surface area contributed by atoms with Gasteiger partial charge in [0.1, 0.15) is 11.8 Å².